The maximum atomic E-state index is 12.6. The predicted octanol–water partition coefficient (Wildman–Crippen LogP) is 7.43. The van der Waals surface area contributed by atoms with Crippen LogP contribution in [0.3, 0.4) is 0 Å². The van der Waals surface area contributed by atoms with E-state index in [1.54, 1.807) is 12.1 Å². The van der Waals surface area contributed by atoms with Gasteiger partial charge in [0.25, 0.3) is 11.8 Å². The van der Waals surface area contributed by atoms with Crippen LogP contribution in [0.2, 0.25) is 0 Å². The first-order valence-electron chi connectivity index (χ1n) is 13.4. The predicted molar refractivity (Wildman–Crippen MR) is 136 cm³/mol. The maximum Gasteiger partial charge on any atom is 0.252 e. The highest BCUT2D eigenvalue weighted by Crippen LogP contribution is 2.11. The Bertz CT molecular complexity index is 562. The summed E-state index contributed by atoms with van der Waals surface area (Å²) in [6, 6.07) is 7.13. The molecule has 2 amide bonds. The van der Waals surface area contributed by atoms with Crippen LogP contribution in [0.4, 0.5) is 0 Å². The molecule has 1 rings (SSSR count). The van der Waals surface area contributed by atoms with Crippen molar-refractivity contribution < 1.29 is 9.59 Å². The summed E-state index contributed by atoms with van der Waals surface area (Å²) in [5.74, 6) is -0.295. The SMILES string of the molecule is CCCCCCCCCCNC(=O)c1ccccc1C(=O)NCCCCCCCCCC. The van der Waals surface area contributed by atoms with Gasteiger partial charge in [0, 0.05) is 13.1 Å². The number of amides is 2. The smallest absolute Gasteiger partial charge is 0.252 e. The second-order valence-corrected chi connectivity index (χ2v) is 9.01. The highest BCUT2D eigenvalue weighted by Gasteiger charge is 2.15. The van der Waals surface area contributed by atoms with Gasteiger partial charge in [0.2, 0.25) is 0 Å². The summed E-state index contributed by atoms with van der Waals surface area (Å²) in [5.41, 5.74) is 0.945. The van der Waals surface area contributed by atoms with Crippen molar-refractivity contribution in [3.05, 3.63) is 35.4 Å². The molecule has 0 saturated heterocycles. The van der Waals surface area contributed by atoms with E-state index in [1.807, 2.05) is 12.1 Å². The third-order valence-corrected chi connectivity index (χ3v) is 6.05. The molecule has 0 heterocycles. The minimum Gasteiger partial charge on any atom is -0.352 e. The van der Waals surface area contributed by atoms with Crippen molar-refractivity contribution >= 4 is 11.8 Å². The average molecular weight is 445 g/mol. The number of hydrogen-bond donors (Lipinski definition) is 2. The lowest BCUT2D eigenvalue weighted by molar-refractivity contribution is 0.0918. The second kappa shape index (κ2) is 19.8. The van der Waals surface area contributed by atoms with Gasteiger partial charge in [-0.3, -0.25) is 9.59 Å². The van der Waals surface area contributed by atoms with Gasteiger partial charge in [-0.25, -0.2) is 0 Å². The first-order valence-corrected chi connectivity index (χ1v) is 13.4. The van der Waals surface area contributed by atoms with Crippen molar-refractivity contribution in [3.8, 4) is 0 Å². The van der Waals surface area contributed by atoms with Crippen molar-refractivity contribution in [1.29, 1.82) is 0 Å². The number of carbonyl (C=O) groups excluding carboxylic acids is 2. The Morgan fingerprint density at radius 3 is 1.19 bits per heavy atom. The van der Waals surface area contributed by atoms with Crippen molar-refractivity contribution in [2.24, 2.45) is 0 Å². The molecule has 0 aliphatic heterocycles. The fourth-order valence-electron chi connectivity index (χ4n) is 3.99. The van der Waals surface area contributed by atoms with Gasteiger partial charge in [-0.05, 0) is 25.0 Å². The average Bonchev–Trinajstić information content (AvgIpc) is 2.81. The molecule has 0 aliphatic rings. The molecule has 1 aromatic carbocycles. The summed E-state index contributed by atoms with van der Waals surface area (Å²) in [6.45, 7) is 5.81. The number of rotatable bonds is 20. The zero-order valence-corrected chi connectivity index (χ0v) is 20.9. The molecular weight excluding hydrogens is 396 g/mol. The van der Waals surface area contributed by atoms with Crippen molar-refractivity contribution in [2.45, 2.75) is 117 Å². The minimum absolute atomic E-state index is 0.147. The summed E-state index contributed by atoms with van der Waals surface area (Å²) >= 11 is 0. The van der Waals surface area contributed by atoms with Crippen molar-refractivity contribution in [3.63, 3.8) is 0 Å². The van der Waals surface area contributed by atoms with Gasteiger partial charge in [0.05, 0.1) is 11.1 Å². The molecule has 0 atom stereocenters. The Morgan fingerprint density at radius 2 is 0.844 bits per heavy atom. The van der Waals surface area contributed by atoms with Crippen molar-refractivity contribution in [1.82, 2.24) is 10.6 Å². The van der Waals surface area contributed by atoms with Crippen LogP contribution in [0.5, 0.6) is 0 Å². The maximum absolute atomic E-state index is 12.6. The summed E-state index contributed by atoms with van der Waals surface area (Å²) in [7, 11) is 0. The molecule has 0 saturated carbocycles. The molecule has 0 aliphatic carbocycles. The van der Waals surface area contributed by atoms with Gasteiger partial charge in [0.1, 0.15) is 0 Å². The number of benzene rings is 1. The third-order valence-electron chi connectivity index (χ3n) is 6.05. The molecular formula is C28H48N2O2. The van der Waals surface area contributed by atoms with Crippen LogP contribution < -0.4 is 10.6 Å². The van der Waals surface area contributed by atoms with E-state index in [0.717, 1.165) is 25.7 Å². The zero-order chi connectivity index (χ0) is 23.3. The topological polar surface area (TPSA) is 58.2 Å². The van der Waals surface area contributed by atoms with Gasteiger partial charge < -0.3 is 10.6 Å². The highest BCUT2D eigenvalue weighted by atomic mass is 16.2. The minimum atomic E-state index is -0.147. The number of unbranched alkanes of at least 4 members (excludes halogenated alkanes) is 14. The second-order valence-electron chi connectivity index (χ2n) is 9.01. The standard InChI is InChI=1S/C28H48N2O2/c1-3-5-7-9-11-13-15-19-23-29-27(31)25-21-17-18-22-26(25)28(32)30-24-20-16-14-12-10-8-6-4-2/h17-18,21-22H,3-16,19-20,23-24H2,1-2H3,(H,29,31)(H,30,32). The zero-order valence-electron chi connectivity index (χ0n) is 20.9. The Balaban J connectivity index is 2.24. The molecule has 0 fully saturated rings. The molecule has 32 heavy (non-hydrogen) atoms. The molecule has 0 bridgehead atoms. The largest absolute Gasteiger partial charge is 0.352 e. The van der Waals surface area contributed by atoms with Crippen LogP contribution in [0.25, 0.3) is 0 Å². The third kappa shape index (κ3) is 13.5. The summed E-state index contributed by atoms with van der Waals surface area (Å²) in [5, 5.41) is 5.98. The molecule has 0 aromatic heterocycles. The Morgan fingerprint density at radius 1 is 0.531 bits per heavy atom. The first-order chi connectivity index (χ1) is 15.7. The van der Waals surface area contributed by atoms with E-state index in [9.17, 15) is 9.59 Å². The van der Waals surface area contributed by atoms with E-state index in [2.05, 4.69) is 24.5 Å². The van der Waals surface area contributed by atoms with Crippen LogP contribution in [0.1, 0.15) is 137 Å². The fraction of sp³-hybridized carbons (Fsp3) is 0.714. The normalized spacial score (nSPS) is 10.8. The van der Waals surface area contributed by atoms with Crippen molar-refractivity contribution in [2.75, 3.05) is 13.1 Å². The van der Waals surface area contributed by atoms with Crippen LogP contribution >= 0.6 is 0 Å². The number of carbonyl (C=O) groups is 2. The summed E-state index contributed by atoms with van der Waals surface area (Å²) in [6.07, 6.45) is 19.9. The lowest BCUT2D eigenvalue weighted by Crippen LogP contribution is -2.30. The van der Waals surface area contributed by atoms with Crippen LogP contribution in [0.15, 0.2) is 24.3 Å². The van der Waals surface area contributed by atoms with E-state index in [0.29, 0.717) is 24.2 Å². The van der Waals surface area contributed by atoms with E-state index < -0.39 is 0 Å². The Kier molecular flexibility index (Phi) is 17.5. The molecule has 0 radical (unpaired) electrons. The van der Waals surface area contributed by atoms with E-state index >= 15 is 0 Å². The van der Waals surface area contributed by atoms with Gasteiger partial charge in [-0.15, -0.1) is 0 Å². The summed E-state index contributed by atoms with van der Waals surface area (Å²) in [4.78, 5) is 25.2. The quantitative estimate of drug-likeness (QED) is 0.205. The van der Waals surface area contributed by atoms with Gasteiger partial charge in [-0.2, -0.15) is 0 Å². The monoisotopic (exact) mass is 444 g/mol. The molecule has 0 unspecified atom stereocenters. The molecule has 182 valence electrons. The fourth-order valence-corrected chi connectivity index (χ4v) is 3.99. The lowest BCUT2D eigenvalue weighted by atomic mass is 10.1. The van der Waals surface area contributed by atoms with E-state index in [4.69, 9.17) is 0 Å². The van der Waals surface area contributed by atoms with Crippen LogP contribution in [-0.4, -0.2) is 24.9 Å². The Labute approximate surface area is 197 Å². The molecule has 2 N–H and O–H groups in total. The van der Waals surface area contributed by atoms with Crippen LogP contribution in [0, 0.1) is 0 Å². The van der Waals surface area contributed by atoms with E-state index in [-0.39, 0.29) is 11.8 Å². The summed E-state index contributed by atoms with van der Waals surface area (Å²) < 4.78 is 0. The highest BCUT2D eigenvalue weighted by molar-refractivity contribution is 6.07. The molecule has 4 nitrogen and oxygen atoms in total. The molecule has 0 spiro atoms. The molecule has 1 aromatic rings. The van der Waals surface area contributed by atoms with Gasteiger partial charge >= 0.3 is 0 Å². The van der Waals surface area contributed by atoms with Gasteiger partial charge in [0.15, 0.2) is 0 Å². The van der Waals surface area contributed by atoms with E-state index in [1.165, 1.54) is 77.0 Å². The number of nitrogens with one attached hydrogen (secondary N) is 2. The number of hydrogen-bond acceptors (Lipinski definition) is 2. The Hall–Kier alpha value is -1.84. The lowest BCUT2D eigenvalue weighted by Gasteiger charge is -2.11. The first kappa shape index (κ1) is 28.2. The van der Waals surface area contributed by atoms with Gasteiger partial charge in [-0.1, -0.05) is 116 Å². The molecule has 4 heteroatoms. The van der Waals surface area contributed by atoms with Crippen LogP contribution in [-0.2, 0) is 0 Å².